The zero-order valence-electron chi connectivity index (χ0n) is 18.6. The van der Waals surface area contributed by atoms with Crippen LogP contribution >= 0.6 is 0 Å². The minimum Gasteiger partial charge on any atom is -0.496 e. The van der Waals surface area contributed by atoms with Crippen LogP contribution in [-0.4, -0.2) is 63.2 Å². The number of aryl methyl sites for hydroxylation is 1. The zero-order valence-corrected chi connectivity index (χ0v) is 19.4. The molecule has 0 atom stereocenters. The number of hydrogen-bond donors (Lipinski definition) is 1. The standard InChI is InChI=1S/C23H29N3O5S/c1-17-14-20(10-11-21(17)31-3)32(29,30)25(2)16-22(27)24-19-8-6-18(7-9-19)15-23(28)26-12-4-5-13-26/h6-11,14H,4-5,12-13,15-16H2,1-3H3,(H,24,27). The number of sulfonamides is 1. The van der Waals surface area contributed by atoms with Crippen molar-refractivity contribution >= 4 is 27.5 Å². The Bertz CT molecular complexity index is 1080. The molecule has 1 aliphatic rings. The fourth-order valence-corrected chi connectivity index (χ4v) is 4.85. The van der Waals surface area contributed by atoms with E-state index in [4.69, 9.17) is 4.74 Å². The van der Waals surface area contributed by atoms with Gasteiger partial charge in [-0.25, -0.2) is 8.42 Å². The molecule has 172 valence electrons. The summed E-state index contributed by atoms with van der Waals surface area (Å²) in [6, 6.07) is 11.6. The highest BCUT2D eigenvalue weighted by molar-refractivity contribution is 7.89. The Morgan fingerprint density at radius 3 is 2.34 bits per heavy atom. The molecule has 8 nitrogen and oxygen atoms in total. The molecular weight excluding hydrogens is 430 g/mol. The van der Waals surface area contributed by atoms with Crippen molar-refractivity contribution in [3.8, 4) is 5.75 Å². The Kier molecular flexibility index (Phi) is 7.52. The molecule has 3 rings (SSSR count). The Hall–Kier alpha value is -2.91. The van der Waals surface area contributed by atoms with Crippen LogP contribution in [0.4, 0.5) is 5.69 Å². The number of nitrogens with zero attached hydrogens (tertiary/aromatic N) is 2. The molecule has 1 aliphatic heterocycles. The lowest BCUT2D eigenvalue weighted by Gasteiger charge is -2.18. The normalized spacial score (nSPS) is 13.9. The minimum atomic E-state index is -3.83. The number of methoxy groups -OCH3 is 1. The van der Waals surface area contributed by atoms with Gasteiger partial charge in [0, 0.05) is 25.8 Å². The summed E-state index contributed by atoms with van der Waals surface area (Å²) in [4.78, 5) is 26.6. The Labute approximate surface area is 189 Å². The molecule has 0 aliphatic carbocycles. The molecule has 2 aromatic carbocycles. The number of amides is 2. The van der Waals surface area contributed by atoms with Crippen LogP contribution in [0.3, 0.4) is 0 Å². The molecule has 0 aromatic heterocycles. The van der Waals surface area contributed by atoms with Gasteiger partial charge < -0.3 is 15.0 Å². The largest absolute Gasteiger partial charge is 0.496 e. The first kappa shape index (κ1) is 23.7. The minimum absolute atomic E-state index is 0.0955. The predicted octanol–water partition coefficient (Wildman–Crippen LogP) is 2.43. The third-order valence-corrected chi connectivity index (χ3v) is 7.29. The smallest absolute Gasteiger partial charge is 0.243 e. The first-order valence-electron chi connectivity index (χ1n) is 10.5. The zero-order chi connectivity index (χ0) is 23.3. The highest BCUT2D eigenvalue weighted by atomic mass is 32.2. The van der Waals surface area contributed by atoms with Crippen LogP contribution in [0.15, 0.2) is 47.4 Å². The van der Waals surface area contributed by atoms with Gasteiger partial charge in [-0.15, -0.1) is 0 Å². The second-order valence-electron chi connectivity index (χ2n) is 7.90. The molecular formula is C23H29N3O5S. The number of likely N-dealkylation sites (N-methyl/N-ethyl adjacent to an activating group) is 1. The number of benzene rings is 2. The lowest BCUT2D eigenvalue weighted by Crippen LogP contribution is -2.35. The molecule has 1 saturated heterocycles. The summed E-state index contributed by atoms with van der Waals surface area (Å²) in [6.07, 6.45) is 2.44. The molecule has 0 saturated carbocycles. The Morgan fingerprint density at radius 1 is 1.09 bits per heavy atom. The Morgan fingerprint density at radius 2 is 1.75 bits per heavy atom. The predicted molar refractivity (Wildman–Crippen MR) is 122 cm³/mol. The number of carbonyl (C=O) groups excluding carboxylic acids is 2. The average Bonchev–Trinajstić information content (AvgIpc) is 3.30. The average molecular weight is 460 g/mol. The van der Waals surface area contributed by atoms with E-state index in [0.29, 0.717) is 23.4 Å². The first-order valence-corrected chi connectivity index (χ1v) is 11.9. The summed E-state index contributed by atoms with van der Waals surface area (Å²) < 4.78 is 31.8. The van der Waals surface area contributed by atoms with Crippen molar-refractivity contribution in [2.45, 2.75) is 31.1 Å². The fraction of sp³-hybridized carbons (Fsp3) is 0.391. The van der Waals surface area contributed by atoms with Crippen LogP contribution < -0.4 is 10.1 Å². The van der Waals surface area contributed by atoms with Crippen LogP contribution in [0.25, 0.3) is 0 Å². The Balaban J connectivity index is 1.57. The van der Waals surface area contributed by atoms with E-state index in [1.165, 1.54) is 26.3 Å². The van der Waals surface area contributed by atoms with E-state index < -0.39 is 15.9 Å². The van der Waals surface area contributed by atoms with E-state index >= 15 is 0 Å². The van der Waals surface area contributed by atoms with Crippen LogP contribution in [0.5, 0.6) is 5.75 Å². The number of ether oxygens (including phenoxy) is 1. The lowest BCUT2D eigenvalue weighted by molar-refractivity contribution is -0.129. The molecule has 1 heterocycles. The lowest BCUT2D eigenvalue weighted by atomic mass is 10.1. The van der Waals surface area contributed by atoms with Crippen molar-refractivity contribution in [1.29, 1.82) is 0 Å². The van der Waals surface area contributed by atoms with Crippen LogP contribution in [-0.2, 0) is 26.0 Å². The maximum atomic E-state index is 12.8. The summed E-state index contributed by atoms with van der Waals surface area (Å²) in [7, 11) is -0.946. The van der Waals surface area contributed by atoms with E-state index in [1.54, 1.807) is 37.3 Å². The van der Waals surface area contributed by atoms with Gasteiger partial charge in [0.25, 0.3) is 0 Å². The highest BCUT2D eigenvalue weighted by Crippen LogP contribution is 2.23. The number of rotatable bonds is 8. The second-order valence-corrected chi connectivity index (χ2v) is 9.95. The first-order chi connectivity index (χ1) is 15.2. The van der Waals surface area contributed by atoms with Gasteiger partial charge in [0.15, 0.2) is 0 Å². The quantitative estimate of drug-likeness (QED) is 0.654. The molecule has 32 heavy (non-hydrogen) atoms. The topological polar surface area (TPSA) is 96.0 Å². The molecule has 0 spiro atoms. The summed E-state index contributed by atoms with van der Waals surface area (Å²) in [5, 5.41) is 2.70. The van der Waals surface area contributed by atoms with Gasteiger partial charge in [0.1, 0.15) is 5.75 Å². The number of anilines is 1. The fourth-order valence-electron chi connectivity index (χ4n) is 3.64. The van der Waals surface area contributed by atoms with Crippen LogP contribution in [0.2, 0.25) is 0 Å². The maximum absolute atomic E-state index is 12.8. The van der Waals surface area contributed by atoms with Gasteiger partial charge >= 0.3 is 0 Å². The van der Waals surface area contributed by atoms with E-state index in [1.807, 2.05) is 4.90 Å². The third kappa shape index (κ3) is 5.66. The van der Waals surface area contributed by atoms with Gasteiger partial charge in [-0.2, -0.15) is 4.31 Å². The van der Waals surface area contributed by atoms with Crippen molar-refractivity contribution in [3.05, 3.63) is 53.6 Å². The second kappa shape index (κ2) is 10.1. The monoisotopic (exact) mass is 459 g/mol. The van der Waals surface area contributed by atoms with Crippen molar-refractivity contribution in [2.75, 3.05) is 39.1 Å². The van der Waals surface area contributed by atoms with E-state index in [9.17, 15) is 18.0 Å². The summed E-state index contributed by atoms with van der Waals surface area (Å²) in [5.41, 5.74) is 2.10. The van der Waals surface area contributed by atoms with Crippen LogP contribution in [0, 0.1) is 6.92 Å². The van der Waals surface area contributed by atoms with Gasteiger partial charge in [-0.1, -0.05) is 12.1 Å². The van der Waals surface area contributed by atoms with Gasteiger partial charge in [0.05, 0.1) is 25.0 Å². The molecule has 0 unspecified atom stereocenters. The molecule has 0 radical (unpaired) electrons. The number of carbonyl (C=O) groups is 2. The highest BCUT2D eigenvalue weighted by Gasteiger charge is 2.24. The SMILES string of the molecule is COc1ccc(S(=O)(=O)N(C)CC(=O)Nc2ccc(CC(=O)N3CCCC3)cc2)cc1C. The van der Waals surface area contributed by atoms with Crippen molar-refractivity contribution < 1.29 is 22.7 Å². The number of likely N-dealkylation sites (tertiary alicyclic amines) is 1. The van der Waals surface area contributed by atoms with E-state index in [0.717, 1.165) is 35.8 Å². The van der Waals surface area contributed by atoms with Gasteiger partial charge in [-0.3, -0.25) is 9.59 Å². The number of nitrogens with one attached hydrogen (secondary N) is 1. The summed E-state index contributed by atoms with van der Waals surface area (Å²) >= 11 is 0. The summed E-state index contributed by atoms with van der Waals surface area (Å²) in [5.74, 6) is 0.247. The number of hydrogen-bond acceptors (Lipinski definition) is 5. The van der Waals surface area contributed by atoms with Gasteiger partial charge in [-0.05, 0) is 61.2 Å². The molecule has 2 aromatic rings. The molecule has 2 amide bonds. The maximum Gasteiger partial charge on any atom is 0.243 e. The molecule has 9 heteroatoms. The van der Waals surface area contributed by atoms with E-state index in [-0.39, 0.29) is 17.3 Å². The summed E-state index contributed by atoms with van der Waals surface area (Å²) in [6.45, 7) is 3.06. The van der Waals surface area contributed by atoms with Crippen molar-refractivity contribution in [1.82, 2.24) is 9.21 Å². The van der Waals surface area contributed by atoms with Gasteiger partial charge in [0.2, 0.25) is 21.8 Å². The van der Waals surface area contributed by atoms with Crippen molar-refractivity contribution in [3.63, 3.8) is 0 Å². The van der Waals surface area contributed by atoms with Crippen molar-refractivity contribution in [2.24, 2.45) is 0 Å². The molecule has 1 N–H and O–H groups in total. The third-order valence-electron chi connectivity index (χ3n) is 5.49. The van der Waals surface area contributed by atoms with E-state index in [2.05, 4.69) is 5.32 Å². The molecule has 0 bridgehead atoms. The van der Waals surface area contributed by atoms with Crippen LogP contribution in [0.1, 0.15) is 24.0 Å². The molecule has 1 fully saturated rings.